The Morgan fingerprint density at radius 1 is 0.737 bits per heavy atom. The zero-order valence-electron chi connectivity index (χ0n) is 12.6. The quantitative estimate of drug-likeness (QED) is 0.459. The molecule has 0 fully saturated rings. The monoisotopic (exact) mass is 262 g/mol. The third kappa shape index (κ3) is 9.72. The minimum atomic E-state index is 0.947. The number of ether oxygens (including phenoxy) is 1. The Bertz CT molecular complexity index is 281. The van der Waals surface area contributed by atoms with Gasteiger partial charge in [-0.25, -0.2) is 0 Å². The molecule has 0 unspecified atom stereocenters. The van der Waals surface area contributed by atoms with E-state index in [0.29, 0.717) is 0 Å². The van der Waals surface area contributed by atoms with Crippen molar-refractivity contribution in [2.45, 2.75) is 64.7 Å². The zero-order chi connectivity index (χ0) is 13.6. The lowest BCUT2D eigenvalue weighted by molar-refractivity contribution is 0.126. The van der Waals surface area contributed by atoms with E-state index in [2.05, 4.69) is 37.3 Å². The Labute approximate surface area is 119 Å². The van der Waals surface area contributed by atoms with Crippen LogP contribution in [0, 0.1) is 0 Å². The van der Waals surface area contributed by atoms with Gasteiger partial charge in [0.05, 0.1) is 0 Å². The minimum absolute atomic E-state index is 0.947. The Morgan fingerprint density at radius 2 is 1.37 bits per heavy atom. The van der Waals surface area contributed by atoms with E-state index in [4.69, 9.17) is 4.74 Å². The van der Waals surface area contributed by atoms with Crippen LogP contribution in [0.4, 0.5) is 0 Å². The van der Waals surface area contributed by atoms with Crippen molar-refractivity contribution in [3.63, 3.8) is 0 Å². The van der Waals surface area contributed by atoms with Crippen LogP contribution in [0.15, 0.2) is 30.3 Å². The maximum absolute atomic E-state index is 5.67. The first-order valence-electron chi connectivity index (χ1n) is 8.05. The van der Waals surface area contributed by atoms with Gasteiger partial charge in [-0.1, -0.05) is 69.4 Å². The number of hydrogen-bond donors (Lipinski definition) is 0. The van der Waals surface area contributed by atoms with Crippen LogP contribution < -0.4 is 0 Å². The molecule has 0 spiro atoms. The van der Waals surface area contributed by atoms with Gasteiger partial charge in [-0.05, 0) is 31.2 Å². The van der Waals surface area contributed by atoms with Crippen molar-refractivity contribution in [1.82, 2.24) is 0 Å². The molecule has 0 radical (unpaired) electrons. The average Bonchev–Trinajstić information content (AvgIpc) is 2.46. The highest BCUT2D eigenvalue weighted by Crippen LogP contribution is 2.07. The van der Waals surface area contributed by atoms with E-state index in [0.717, 1.165) is 13.2 Å². The van der Waals surface area contributed by atoms with E-state index in [-0.39, 0.29) is 0 Å². The Balaban J connectivity index is 1.79. The second-order valence-electron chi connectivity index (χ2n) is 5.32. The summed E-state index contributed by atoms with van der Waals surface area (Å²) >= 11 is 0. The molecule has 0 heterocycles. The van der Waals surface area contributed by atoms with E-state index < -0.39 is 0 Å². The fourth-order valence-corrected chi connectivity index (χ4v) is 2.26. The van der Waals surface area contributed by atoms with Gasteiger partial charge in [0.2, 0.25) is 0 Å². The summed E-state index contributed by atoms with van der Waals surface area (Å²) < 4.78 is 5.67. The fourth-order valence-electron chi connectivity index (χ4n) is 2.26. The molecule has 1 aromatic rings. The van der Waals surface area contributed by atoms with Gasteiger partial charge in [0.25, 0.3) is 0 Å². The first-order valence-corrected chi connectivity index (χ1v) is 8.05. The average molecular weight is 262 g/mol. The number of benzene rings is 1. The highest BCUT2D eigenvalue weighted by molar-refractivity contribution is 5.14. The van der Waals surface area contributed by atoms with Crippen LogP contribution in [0.5, 0.6) is 0 Å². The molecule has 0 aliphatic rings. The van der Waals surface area contributed by atoms with Gasteiger partial charge in [-0.3, -0.25) is 0 Å². The van der Waals surface area contributed by atoms with E-state index in [9.17, 15) is 0 Å². The van der Waals surface area contributed by atoms with Gasteiger partial charge in [0.1, 0.15) is 0 Å². The summed E-state index contributed by atoms with van der Waals surface area (Å²) in [6.45, 7) is 4.16. The second-order valence-corrected chi connectivity index (χ2v) is 5.32. The van der Waals surface area contributed by atoms with Crippen molar-refractivity contribution in [1.29, 1.82) is 0 Å². The molecule has 0 aliphatic heterocycles. The van der Waals surface area contributed by atoms with Crippen LogP contribution >= 0.6 is 0 Å². The molecule has 19 heavy (non-hydrogen) atoms. The first-order chi connectivity index (χ1) is 9.43. The minimum Gasteiger partial charge on any atom is -0.381 e. The summed E-state index contributed by atoms with van der Waals surface area (Å²) in [6, 6.07) is 10.8. The molecule has 1 heteroatoms. The molecular formula is C18H30O. The normalized spacial score (nSPS) is 10.8. The summed E-state index contributed by atoms with van der Waals surface area (Å²) in [7, 11) is 0. The lowest BCUT2D eigenvalue weighted by atomic mass is 10.1. The molecule has 0 bridgehead atoms. The van der Waals surface area contributed by atoms with Gasteiger partial charge >= 0.3 is 0 Å². The number of aryl methyl sites for hydroxylation is 1. The summed E-state index contributed by atoms with van der Waals surface area (Å²) in [6.07, 6.45) is 11.6. The molecule has 0 saturated heterocycles. The van der Waals surface area contributed by atoms with Crippen LogP contribution in [0.2, 0.25) is 0 Å². The van der Waals surface area contributed by atoms with Crippen molar-refractivity contribution in [2.75, 3.05) is 13.2 Å². The standard InChI is InChI=1S/C18H30O/c1-2-3-4-5-11-16-19-17-12-7-10-15-18-13-8-6-9-14-18/h6,8-9,13-14H,2-5,7,10-12,15-17H2,1H3. The van der Waals surface area contributed by atoms with Crippen molar-refractivity contribution in [3.05, 3.63) is 35.9 Å². The summed E-state index contributed by atoms with van der Waals surface area (Å²) in [5, 5.41) is 0. The lowest BCUT2D eigenvalue weighted by Gasteiger charge is -2.04. The number of rotatable bonds is 12. The zero-order valence-corrected chi connectivity index (χ0v) is 12.6. The fraction of sp³-hybridized carbons (Fsp3) is 0.667. The molecular weight excluding hydrogens is 232 g/mol. The van der Waals surface area contributed by atoms with Crippen LogP contribution in [0.25, 0.3) is 0 Å². The number of unbranched alkanes of at least 4 members (excludes halogenated alkanes) is 6. The largest absolute Gasteiger partial charge is 0.381 e. The van der Waals surface area contributed by atoms with E-state index >= 15 is 0 Å². The lowest BCUT2D eigenvalue weighted by Crippen LogP contribution is -1.97. The smallest absolute Gasteiger partial charge is 0.0466 e. The Morgan fingerprint density at radius 3 is 2.05 bits per heavy atom. The molecule has 0 atom stereocenters. The van der Waals surface area contributed by atoms with Crippen LogP contribution in [0.1, 0.15) is 63.9 Å². The third-order valence-electron chi connectivity index (χ3n) is 3.49. The van der Waals surface area contributed by atoms with Crippen molar-refractivity contribution in [3.8, 4) is 0 Å². The Kier molecular flexibility index (Phi) is 10.4. The second kappa shape index (κ2) is 12.2. The predicted molar refractivity (Wildman–Crippen MR) is 83.6 cm³/mol. The molecule has 0 amide bonds. The van der Waals surface area contributed by atoms with E-state index in [1.807, 2.05) is 0 Å². The van der Waals surface area contributed by atoms with Gasteiger partial charge in [-0.15, -0.1) is 0 Å². The maximum atomic E-state index is 5.67. The summed E-state index contributed by atoms with van der Waals surface area (Å²) in [5.41, 5.74) is 1.46. The Hall–Kier alpha value is -0.820. The summed E-state index contributed by atoms with van der Waals surface area (Å²) in [5.74, 6) is 0. The topological polar surface area (TPSA) is 9.23 Å². The molecule has 0 saturated carbocycles. The third-order valence-corrected chi connectivity index (χ3v) is 3.49. The SMILES string of the molecule is CCCCCCCOCCCCCc1ccccc1. The van der Waals surface area contributed by atoms with Crippen molar-refractivity contribution < 1.29 is 4.74 Å². The van der Waals surface area contributed by atoms with Crippen LogP contribution in [0.3, 0.4) is 0 Å². The number of hydrogen-bond acceptors (Lipinski definition) is 1. The van der Waals surface area contributed by atoms with Gasteiger partial charge in [0.15, 0.2) is 0 Å². The molecule has 1 rings (SSSR count). The highest BCUT2D eigenvalue weighted by atomic mass is 16.5. The maximum Gasteiger partial charge on any atom is 0.0466 e. The van der Waals surface area contributed by atoms with Gasteiger partial charge < -0.3 is 4.74 Å². The van der Waals surface area contributed by atoms with Gasteiger partial charge in [0, 0.05) is 13.2 Å². The van der Waals surface area contributed by atoms with Crippen molar-refractivity contribution >= 4 is 0 Å². The summed E-state index contributed by atoms with van der Waals surface area (Å²) in [4.78, 5) is 0. The highest BCUT2D eigenvalue weighted by Gasteiger charge is 1.94. The van der Waals surface area contributed by atoms with Gasteiger partial charge in [-0.2, -0.15) is 0 Å². The van der Waals surface area contributed by atoms with Crippen LogP contribution in [-0.2, 0) is 11.2 Å². The van der Waals surface area contributed by atoms with Crippen LogP contribution in [-0.4, -0.2) is 13.2 Å². The van der Waals surface area contributed by atoms with Crippen molar-refractivity contribution in [2.24, 2.45) is 0 Å². The first kappa shape index (κ1) is 16.2. The molecule has 0 N–H and O–H groups in total. The van der Waals surface area contributed by atoms with E-state index in [1.54, 1.807) is 0 Å². The molecule has 1 aromatic carbocycles. The molecule has 0 aromatic heterocycles. The molecule has 0 aliphatic carbocycles. The van der Waals surface area contributed by atoms with E-state index in [1.165, 1.54) is 63.4 Å². The molecule has 108 valence electrons. The predicted octanol–water partition coefficient (Wildman–Crippen LogP) is 5.39. The molecule has 1 nitrogen and oxygen atoms in total.